The second kappa shape index (κ2) is 7.97. The van der Waals surface area contributed by atoms with E-state index < -0.39 is 0 Å². The van der Waals surface area contributed by atoms with Crippen LogP contribution in [0.5, 0.6) is 0 Å². The van der Waals surface area contributed by atoms with Crippen LogP contribution in [0.3, 0.4) is 0 Å². The minimum atomic E-state index is -0.183. The van der Waals surface area contributed by atoms with E-state index in [-0.39, 0.29) is 16.1 Å². The number of rotatable bonds is 3. The zero-order valence-electron chi connectivity index (χ0n) is 17.6. The number of aryl methyl sites for hydroxylation is 1. The Kier molecular flexibility index (Phi) is 5.98. The summed E-state index contributed by atoms with van der Waals surface area (Å²) >= 11 is 3.54. The Hall–Kier alpha value is -1.70. The number of fused-ring (bicyclic) bond motifs is 1. The molecule has 0 atom stereocenters. The van der Waals surface area contributed by atoms with Gasteiger partial charge in [0.15, 0.2) is 0 Å². The highest BCUT2D eigenvalue weighted by molar-refractivity contribution is 8.00. The van der Waals surface area contributed by atoms with E-state index in [0.29, 0.717) is 13.0 Å². The lowest BCUT2D eigenvalue weighted by atomic mass is 9.76. The molecule has 2 heterocycles. The smallest absolute Gasteiger partial charge is 0.311 e. The van der Waals surface area contributed by atoms with Crippen LogP contribution in [-0.4, -0.2) is 17.3 Å². The predicted molar refractivity (Wildman–Crippen MR) is 119 cm³/mol. The van der Waals surface area contributed by atoms with Crippen LogP contribution in [-0.2, 0) is 21.4 Å². The Balaban J connectivity index is 1.86. The van der Waals surface area contributed by atoms with Crippen LogP contribution in [0.25, 0.3) is 0 Å². The van der Waals surface area contributed by atoms with Crippen LogP contribution in [0, 0.1) is 18.8 Å². The first kappa shape index (κ1) is 21.0. The van der Waals surface area contributed by atoms with Crippen LogP contribution in [0.2, 0.25) is 0 Å². The summed E-state index contributed by atoms with van der Waals surface area (Å²) in [6, 6.07) is 8.54. The maximum absolute atomic E-state index is 11.6. The third-order valence-corrected chi connectivity index (χ3v) is 7.17. The van der Waals surface area contributed by atoms with Gasteiger partial charge in [0.05, 0.1) is 17.9 Å². The molecule has 4 heteroatoms. The molecule has 0 aliphatic carbocycles. The van der Waals surface area contributed by atoms with Gasteiger partial charge >= 0.3 is 5.97 Å². The first-order chi connectivity index (χ1) is 13.1. The fraction of sp³-hybridized carbons (Fsp3) is 0.458. The van der Waals surface area contributed by atoms with Crippen LogP contribution < -0.4 is 0 Å². The molecule has 0 saturated carbocycles. The van der Waals surface area contributed by atoms with E-state index in [9.17, 15) is 4.79 Å². The number of thioether (sulfide) groups is 1. The highest BCUT2D eigenvalue weighted by Crippen LogP contribution is 2.51. The average Bonchev–Trinajstić information content (AvgIpc) is 2.99. The lowest BCUT2D eigenvalue weighted by Crippen LogP contribution is -2.33. The molecule has 1 aromatic carbocycles. The molecule has 0 spiro atoms. The van der Waals surface area contributed by atoms with Gasteiger partial charge in [-0.1, -0.05) is 39.5 Å². The molecule has 0 saturated heterocycles. The Morgan fingerprint density at radius 3 is 2.64 bits per heavy atom. The van der Waals surface area contributed by atoms with Gasteiger partial charge < -0.3 is 4.74 Å². The van der Waals surface area contributed by atoms with Gasteiger partial charge in [0.1, 0.15) is 0 Å². The number of thiophene rings is 1. The average molecular weight is 413 g/mol. The van der Waals surface area contributed by atoms with Crippen LogP contribution in [0.1, 0.15) is 67.5 Å². The van der Waals surface area contributed by atoms with Crippen molar-refractivity contribution in [2.45, 2.75) is 69.4 Å². The Morgan fingerprint density at radius 2 is 1.93 bits per heavy atom. The molecule has 0 fully saturated rings. The molecule has 0 radical (unpaired) electrons. The molecule has 1 aromatic heterocycles. The molecular formula is C24H28O2S2. The van der Waals surface area contributed by atoms with E-state index in [1.807, 2.05) is 30.8 Å². The lowest BCUT2D eigenvalue weighted by Gasteiger charge is -2.42. The zero-order chi connectivity index (χ0) is 20.5. The highest BCUT2D eigenvalue weighted by Gasteiger charge is 2.38. The van der Waals surface area contributed by atoms with Crippen molar-refractivity contribution >= 4 is 29.1 Å². The molecule has 148 valence electrons. The number of ether oxygens (including phenoxy) is 1. The highest BCUT2D eigenvalue weighted by atomic mass is 32.2. The van der Waals surface area contributed by atoms with Crippen molar-refractivity contribution in [2.24, 2.45) is 0 Å². The summed E-state index contributed by atoms with van der Waals surface area (Å²) in [6.45, 7) is 13.7. The fourth-order valence-corrected chi connectivity index (χ4v) is 6.50. The number of carbonyl (C=O) groups excluding carboxylic acids is 1. The van der Waals surface area contributed by atoms with E-state index in [2.05, 4.69) is 58.6 Å². The predicted octanol–water partition coefficient (Wildman–Crippen LogP) is 6.11. The number of hydrogen-bond acceptors (Lipinski definition) is 4. The minimum absolute atomic E-state index is 0.143. The summed E-state index contributed by atoms with van der Waals surface area (Å²) in [5, 5.41) is 0. The molecule has 0 amide bonds. The van der Waals surface area contributed by atoms with Gasteiger partial charge in [-0.15, -0.1) is 23.1 Å². The third-order valence-electron chi connectivity index (χ3n) is 4.92. The van der Waals surface area contributed by atoms with Crippen molar-refractivity contribution in [1.29, 1.82) is 0 Å². The van der Waals surface area contributed by atoms with E-state index in [1.54, 1.807) is 11.3 Å². The van der Waals surface area contributed by atoms with Crippen molar-refractivity contribution in [2.75, 3.05) is 6.61 Å². The van der Waals surface area contributed by atoms with Gasteiger partial charge in [-0.2, -0.15) is 0 Å². The Labute approximate surface area is 177 Å². The summed E-state index contributed by atoms with van der Waals surface area (Å²) in [5.41, 5.74) is 3.85. The maximum atomic E-state index is 11.6. The van der Waals surface area contributed by atoms with Crippen molar-refractivity contribution in [3.63, 3.8) is 0 Å². The maximum Gasteiger partial charge on any atom is 0.311 e. The molecular weight excluding hydrogens is 384 g/mol. The van der Waals surface area contributed by atoms with Crippen LogP contribution >= 0.6 is 23.1 Å². The summed E-state index contributed by atoms with van der Waals surface area (Å²) in [4.78, 5) is 15.0. The normalized spacial score (nSPS) is 16.6. The molecule has 2 aromatic rings. The monoisotopic (exact) mass is 412 g/mol. The molecule has 0 unspecified atom stereocenters. The second-order valence-electron chi connectivity index (χ2n) is 8.58. The summed E-state index contributed by atoms with van der Waals surface area (Å²) in [6.07, 6.45) is 1.47. The van der Waals surface area contributed by atoms with Gasteiger partial charge in [0.25, 0.3) is 0 Å². The van der Waals surface area contributed by atoms with Gasteiger partial charge in [0, 0.05) is 20.1 Å². The number of carbonyl (C=O) groups is 1. The zero-order valence-corrected chi connectivity index (χ0v) is 19.2. The third kappa shape index (κ3) is 4.82. The van der Waals surface area contributed by atoms with Crippen molar-refractivity contribution in [1.82, 2.24) is 0 Å². The minimum Gasteiger partial charge on any atom is -0.466 e. The lowest BCUT2D eigenvalue weighted by molar-refractivity contribution is -0.142. The van der Waals surface area contributed by atoms with Crippen molar-refractivity contribution < 1.29 is 9.53 Å². The molecule has 1 aliphatic rings. The second-order valence-corrected chi connectivity index (χ2v) is 11.5. The van der Waals surface area contributed by atoms with E-state index >= 15 is 0 Å². The Bertz CT molecular complexity index is 955. The quantitative estimate of drug-likeness (QED) is 0.449. The first-order valence-corrected chi connectivity index (χ1v) is 11.3. The number of esters is 1. The van der Waals surface area contributed by atoms with E-state index in [4.69, 9.17) is 4.74 Å². The molecule has 3 rings (SSSR count). The Morgan fingerprint density at radius 1 is 1.18 bits per heavy atom. The largest absolute Gasteiger partial charge is 0.466 e. The first-order valence-electron chi connectivity index (χ1n) is 9.70. The molecule has 0 N–H and O–H groups in total. The molecule has 28 heavy (non-hydrogen) atoms. The van der Waals surface area contributed by atoms with Crippen molar-refractivity contribution in [3.8, 4) is 11.8 Å². The summed E-state index contributed by atoms with van der Waals surface area (Å²) in [5.74, 6) is 6.47. The van der Waals surface area contributed by atoms with Crippen LogP contribution in [0.15, 0.2) is 29.2 Å². The standard InChI is InChI=1S/C24H28O2S2/c1-7-26-22(25)14-19-11-10-18(27-19)9-8-17-13-20-21(12-16(17)2)28-24(5,6)15-23(20,3)4/h10-13H,7,14-15H2,1-6H3. The van der Waals surface area contributed by atoms with Gasteiger partial charge in [-0.3, -0.25) is 4.79 Å². The van der Waals surface area contributed by atoms with E-state index in [0.717, 1.165) is 21.7 Å². The summed E-state index contributed by atoms with van der Waals surface area (Å²) < 4.78 is 5.27. The summed E-state index contributed by atoms with van der Waals surface area (Å²) in [7, 11) is 0. The molecule has 1 aliphatic heterocycles. The number of hydrogen-bond donors (Lipinski definition) is 0. The van der Waals surface area contributed by atoms with Crippen LogP contribution in [0.4, 0.5) is 0 Å². The molecule has 0 bridgehead atoms. The number of benzene rings is 1. The topological polar surface area (TPSA) is 26.3 Å². The fourth-order valence-electron chi connectivity index (χ4n) is 3.95. The van der Waals surface area contributed by atoms with E-state index in [1.165, 1.54) is 16.0 Å². The van der Waals surface area contributed by atoms with Gasteiger partial charge in [-0.25, -0.2) is 0 Å². The van der Waals surface area contributed by atoms with Gasteiger partial charge in [0.2, 0.25) is 0 Å². The van der Waals surface area contributed by atoms with Crippen molar-refractivity contribution in [3.05, 3.63) is 50.7 Å². The SMILES string of the molecule is CCOC(=O)Cc1ccc(C#Cc2cc3c(cc2C)SC(C)(C)CC3(C)C)s1. The molecule has 2 nitrogen and oxygen atoms in total. The van der Waals surface area contributed by atoms with Gasteiger partial charge in [-0.05, 0) is 61.1 Å².